The second kappa shape index (κ2) is 15.3. The standard InChI is InChI=1S/C44H50O16/c1-18-7-23(38(57-4)35(49)27(18)16-45)11-24-13-29(47)33-28(42(24,55)15-21-10-25(60-17-21)9-20(3)46)14-26-32(36(33)50)40(53)44(59-6)30(48)12-22-8-19(2)31(41(54)58-5)37(51)34(22)43(44,56)39(26)52/h8,10,13-14,17-18,20,23,27,30,35,38,45-46,48-51,55-56H,7,9,11-12,15-16H2,1-6H3/t18-,20?,23-,27+,30?,35-,38+,42?,43+,44-/m1/s1. The lowest BCUT2D eigenvalue weighted by Gasteiger charge is -2.53. The quantitative estimate of drug-likeness (QED) is 0.135. The Balaban J connectivity index is 1.46. The van der Waals surface area contributed by atoms with Crippen LogP contribution in [0.3, 0.4) is 0 Å². The van der Waals surface area contributed by atoms with Crippen molar-refractivity contribution in [2.75, 3.05) is 27.9 Å². The lowest BCUT2D eigenvalue weighted by molar-refractivity contribution is -0.181. The van der Waals surface area contributed by atoms with Crippen molar-refractivity contribution in [2.45, 2.75) is 94.1 Å². The second-order valence-electron chi connectivity index (χ2n) is 16.8. The molecule has 1 fully saturated rings. The Labute approximate surface area is 344 Å². The fourth-order valence-corrected chi connectivity index (χ4v) is 10.5. The molecular formula is C44H50O16. The number of hydrogen-bond donors (Lipinski definition) is 8. The van der Waals surface area contributed by atoms with Gasteiger partial charge in [-0.1, -0.05) is 13.0 Å². The average Bonchev–Trinajstić information content (AvgIpc) is 3.61. The van der Waals surface area contributed by atoms with Gasteiger partial charge in [0.15, 0.2) is 17.0 Å². The third-order valence-electron chi connectivity index (χ3n) is 13.3. The first-order valence-corrected chi connectivity index (χ1v) is 19.7. The smallest absolute Gasteiger partial charge is 0.341 e. The number of rotatable bonds is 10. The van der Waals surface area contributed by atoms with Gasteiger partial charge in [-0.25, -0.2) is 4.79 Å². The molecule has 0 spiro atoms. The lowest BCUT2D eigenvalue weighted by Crippen LogP contribution is -2.73. The zero-order chi connectivity index (χ0) is 44.0. The van der Waals surface area contributed by atoms with E-state index in [2.05, 4.69) is 0 Å². The molecule has 7 rings (SSSR count). The summed E-state index contributed by atoms with van der Waals surface area (Å²) in [7, 11) is 3.39. The minimum absolute atomic E-state index is 0.00277. The molecule has 2 aromatic carbocycles. The van der Waals surface area contributed by atoms with Crippen LogP contribution in [0.4, 0.5) is 0 Å². The van der Waals surface area contributed by atoms with Gasteiger partial charge in [-0.3, -0.25) is 14.4 Å². The van der Waals surface area contributed by atoms with Crippen LogP contribution < -0.4 is 0 Å². The predicted octanol–water partition coefficient (Wildman–Crippen LogP) is 1.86. The number of benzene rings is 2. The molecule has 60 heavy (non-hydrogen) atoms. The van der Waals surface area contributed by atoms with Gasteiger partial charge in [-0.2, -0.15) is 0 Å². The summed E-state index contributed by atoms with van der Waals surface area (Å²) in [6.07, 6.45) is -2.62. The Morgan fingerprint density at radius 2 is 1.72 bits per heavy atom. The molecular weight excluding hydrogens is 784 g/mol. The van der Waals surface area contributed by atoms with E-state index in [-0.39, 0.29) is 54.1 Å². The Hall–Kier alpha value is -4.78. The summed E-state index contributed by atoms with van der Waals surface area (Å²) in [4.78, 5) is 57.3. The van der Waals surface area contributed by atoms with Crippen LogP contribution in [-0.2, 0) is 44.7 Å². The molecule has 0 bridgehead atoms. The van der Waals surface area contributed by atoms with E-state index in [9.17, 15) is 55.2 Å². The predicted molar refractivity (Wildman–Crippen MR) is 208 cm³/mol. The van der Waals surface area contributed by atoms with Crippen molar-refractivity contribution in [2.24, 2.45) is 17.8 Å². The number of furan rings is 1. The molecule has 10 atom stereocenters. The van der Waals surface area contributed by atoms with E-state index in [0.29, 0.717) is 17.7 Å². The monoisotopic (exact) mass is 834 g/mol. The number of methoxy groups -OCH3 is 3. The molecule has 0 saturated heterocycles. The number of fused-ring (bicyclic) bond motifs is 5. The summed E-state index contributed by atoms with van der Waals surface area (Å²) in [5, 5.41) is 92.7. The van der Waals surface area contributed by atoms with E-state index in [4.69, 9.17) is 18.6 Å². The number of aliphatic hydroxyl groups is 6. The number of hydrogen-bond acceptors (Lipinski definition) is 16. The van der Waals surface area contributed by atoms with Crippen LogP contribution in [0.2, 0.25) is 0 Å². The molecule has 3 aromatic rings. The maximum absolute atomic E-state index is 15.2. The van der Waals surface area contributed by atoms with Crippen molar-refractivity contribution in [3.05, 3.63) is 91.9 Å². The molecule has 4 aliphatic carbocycles. The van der Waals surface area contributed by atoms with Crippen LogP contribution in [0.15, 0.2) is 40.5 Å². The SMILES string of the molecule is COC(=O)c1c(C)cc2c(c1O)[C@]1(O)C(=O)c3cc4c(c(O)c3C(=O)[C@]1(OC)C(O)C2)C(=O)C=C(C[C@H]1C[C@@H](C)[C@H](CO)[C@@H](O)[C@H]1OC)C4(O)Cc1coc(CC(C)O)c1. The molecule has 1 saturated carbocycles. The first kappa shape index (κ1) is 43.3. The summed E-state index contributed by atoms with van der Waals surface area (Å²) >= 11 is 0. The Kier molecular flexibility index (Phi) is 11.0. The molecule has 322 valence electrons. The zero-order valence-electron chi connectivity index (χ0n) is 34.0. The minimum atomic E-state index is -3.26. The number of phenolic OH excluding ortho intramolecular Hbond substituents is 2. The summed E-state index contributed by atoms with van der Waals surface area (Å²) in [5.74, 6) is -7.44. The van der Waals surface area contributed by atoms with E-state index in [1.165, 1.54) is 26.4 Å². The van der Waals surface area contributed by atoms with Gasteiger partial charge in [-0.15, -0.1) is 0 Å². The van der Waals surface area contributed by atoms with Crippen molar-refractivity contribution >= 4 is 23.3 Å². The average molecular weight is 835 g/mol. The van der Waals surface area contributed by atoms with E-state index in [0.717, 1.165) is 26.4 Å². The maximum atomic E-state index is 15.2. The topological polar surface area (TPSA) is 271 Å². The van der Waals surface area contributed by atoms with Gasteiger partial charge in [-0.05, 0) is 79.0 Å². The highest BCUT2D eigenvalue weighted by Gasteiger charge is 2.73. The van der Waals surface area contributed by atoms with Crippen molar-refractivity contribution < 1.29 is 78.7 Å². The highest BCUT2D eigenvalue weighted by Crippen LogP contribution is 2.58. The van der Waals surface area contributed by atoms with Crippen molar-refractivity contribution in [1.82, 2.24) is 0 Å². The normalized spacial score (nSPS) is 31.5. The van der Waals surface area contributed by atoms with Crippen molar-refractivity contribution in [1.29, 1.82) is 0 Å². The first-order chi connectivity index (χ1) is 28.3. The van der Waals surface area contributed by atoms with Crippen LogP contribution in [-0.4, -0.2) is 122 Å². The van der Waals surface area contributed by atoms with Gasteiger partial charge in [0, 0.05) is 62.7 Å². The second-order valence-corrected chi connectivity index (χ2v) is 16.8. The largest absolute Gasteiger partial charge is 0.507 e. The van der Waals surface area contributed by atoms with Crippen LogP contribution in [0, 0.1) is 24.7 Å². The zero-order valence-corrected chi connectivity index (χ0v) is 34.0. The minimum Gasteiger partial charge on any atom is -0.507 e. The first-order valence-electron chi connectivity index (χ1n) is 19.7. The molecule has 3 unspecified atom stereocenters. The fourth-order valence-electron chi connectivity index (χ4n) is 10.5. The van der Waals surface area contributed by atoms with Crippen LogP contribution in [0.25, 0.3) is 0 Å². The Bertz CT molecular complexity index is 2320. The molecule has 16 heteroatoms. The molecule has 8 N–H and O–H groups in total. The van der Waals surface area contributed by atoms with Gasteiger partial charge in [0.2, 0.25) is 11.6 Å². The van der Waals surface area contributed by atoms with E-state index >= 15 is 4.79 Å². The van der Waals surface area contributed by atoms with Gasteiger partial charge in [0.1, 0.15) is 28.4 Å². The molecule has 16 nitrogen and oxygen atoms in total. The molecule has 1 aromatic heterocycles. The number of aryl methyl sites for hydroxylation is 1. The number of aliphatic hydroxyl groups excluding tert-OH is 4. The number of aromatic hydroxyl groups is 2. The van der Waals surface area contributed by atoms with Crippen LogP contribution >= 0.6 is 0 Å². The van der Waals surface area contributed by atoms with Crippen molar-refractivity contribution in [3.63, 3.8) is 0 Å². The highest BCUT2D eigenvalue weighted by atomic mass is 16.5. The Morgan fingerprint density at radius 3 is 2.33 bits per heavy atom. The van der Waals surface area contributed by atoms with E-state index in [1.807, 2.05) is 6.92 Å². The number of ketones is 3. The molecule has 0 radical (unpaired) electrons. The molecule has 4 aliphatic rings. The maximum Gasteiger partial charge on any atom is 0.341 e. The third kappa shape index (κ3) is 6.02. The summed E-state index contributed by atoms with van der Waals surface area (Å²) in [6, 6.07) is 3.95. The van der Waals surface area contributed by atoms with Crippen molar-refractivity contribution in [3.8, 4) is 11.5 Å². The van der Waals surface area contributed by atoms with Gasteiger partial charge in [0.05, 0.1) is 48.9 Å². The molecule has 1 heterocycles. The van der Waals surface area contributed by atoms with Crippen LogP contribution in [0.1, 0.15) is 102 Å². The van der Waals surface area contributed by atoms with E-state index in [1.54, 1.807) is 13.0 Å². The van der Waals surface area contributed by atoms with Gasteiger partial charge >= 0.3 is 5.97 Å². The van der Waals surface area contributed by atoms with Gasteiger partial charge in [0.25, 0.3) is 0 Å². The van der Waals surface area contributed by atoms with Gasteiger partial charge < -0.3 is 59.5 Å². The fraction of sp³-hybridized carbons (Fsp3) is 0.500. The number of carbonyl (C=O) groups is 4. The summed E-state index contributed by atoms with van der Waals surface area (Å²) < 4.78 is 21.9. The summed E-state index contributed by atoms with van der Waals surface area (Å²) in [6.45, 7) is 4.56. The number of phenols is 2. The number of esters is 1. The third-order valence-corrected chi connectivity index (χ3v) is 13.3. The highest BCUT2D eigenvalue weighted by molar-refractivity contribution is 6.26. The number of allylic oxidation sites excluding steroid dienone is 1. The lowest BCUT2D eigenvalue weighted by atomic mass is 9.56. The van der Waals surface area contributed by atoms with Crippen LogP contribution in [0.5, 0.6) is 11.5 Å². The number of Topliss-reactive ketones (excluding diaryl/α,β-unsaturated/α-hetero) is 2. The van der Waals surface area contributed by atoms with E-state index < -0.39 is 122 Å². The molecule has 0 amide bonds. The molecule has 0 aliphatic heterocycles. The number of ether oxygens (including phenoxy) is 3. The Morgan fingerprint density at radius 1 is 1.02 bits per heavy atom. The summed E-state index contributed by atoms with van der Waals surface area (Å²) in [5.41, 5.74) is -11.3. The number of carbonyl (C=O) groups excluding carboxylic acids is 4.